The van der Waals surface area contributed by atoms with E-state index in [1.165, 1.54) is 12.1 Å². The molecule has 31 heavy (non-hydrogen) atoms. The van der Waals surface area contributed by atoms with Gasteiger partial charge in [-0.1, -0.05) is 12.1 Å². The van der Waals surface area contributed by atoms with E-state index in [0.29, 0.717) is 36.0 Å². The third kappa shape index (κ3) is 6.07. The van der Waals surface area contributed by atoms with Gasteiger partial charge in [0.25, 0.3) is 0 Å². The second-order valence-corrected chi connectivity index (χ2v) is 8.82. The maximum atomic E-state index is 12.3. The van der Waals surface area contributed by atoms with Crippen molar-refractivity contribution in [2.75, 3.05) is 32.5 Å². The van der Waals surface area contributed by atoms with E-state index < -0.39 is 15.9 Å². The largest absolute Gasteiger partial charge is 0.366 e. The van der Waals surface area contributed by atoms with Crippen molar-refractivity contribution in [3.63, 3.8) is 0 Å². The van der Waals surface area contributed by atoms with Gasteiger partial charge in [0, 0.05) is 36.1 Å². The van der Waals surface area contributed by atoms with Crippen LogP contribution < -0.4 is 15.8 Å². The van der Waals surface area contributed by atoms with Gasteiger partial charge in [-0.25, -0.2) is 23.1 Å². The first-order valence-electron chi connectivity index (χ1n) is 9.49. The number of anilines is 2. The van der Waals surface area contributed by atoms with Crippen molar-refractivity contribution >= 4 is 27.6 Å². The molecule has 0 aliphatic heterocycles. The van der Waals surface area contributed by atoms with Gasteiger partial charge in [0.1, 0.15) is 0 Å². The Balaban J connectivity index is 1.70. The minimum atomic E-state index is -3.57. The van der Waals surface area contributed by atoms with Crippen molar-refractivity contribution in [3.8, 4) is 11.3 Å². The number of nitrogens with one attached hydrogen (secondary N) is 2. The van der Waals surface area contributed by atoms with E-state index in [4.69, 9.17) is 5.73 Å². The van der Waals surface area contributed by atoms with Gasteiger partial charge in [-0.15, -0.1) is 0 Å². The van der Waals surface area contributed by atoms with Crippen molar-refractivity contribution in [2.24, 2.45) is 5.73 Å². The normalized spacial score (nSPS) is 11.5. The van der Waals surface area contributed by atoms with Gasteiger partial charge in [0.15, 0.2) is 0 Å². The quantitative estimate of drug-likeness (QED) is 0.463. The summed E-state index contributed by atoms with van der Waals surface area (Å²) in [5.41, 5.74) is 7.80. The van der Waals surface area contributed by atoms with E-state index >= 15 is 0 Å². The summed E-state index contributed by atoms with van der Waals surface area (Å²) in [5, 5.41) is 3.06. The molecule has 3 rings (SSSR count). The lowest BCUT2D eigenvalue weighted by molar-refractivity contribution is 0.100. The van der Waals surface area contributed by atoms with Crippen LogP contribution in [-0.4, -0.2) is 56.4 Å². The van der Waals surface area contributed by atoms with Crippen LogP contribution in [0.4, 0.5) is 11.6 Å². The van der Waals surface area contributed by atoms with Gasteiger partial charge in [-0.3, -0.25) is 4.79 Å². The molecular formula is C21H24N6O3S. The Hall–Kier alpha value is -3.34. The van der Waals surface area contributed by atoms with Gasteiger partial charge < -0.3 is 16.0 Å². The number of amides is 1. The number of hydrogen-bond donors (Lipinski definition) is 3. The van der Waals surface area contributed by atoms with E-state index in [0.717, 1.165) is 5.56 Å². The third-order valence-corrected chi connectivity index (χ3v) is 5.87. The fourth-order valence-electron chi connectivity index (χ4n) is 2.72. The molecule has 10 heteroatoms. The molecule has 1 heterocycles. The van der Waals surface area contributed by atoms with Gasteiger partial charge >= 0.3 is 0 Å². The smallest absolute Gasteiger partial charge is 0.248 e. The van der Waals surface area contributed by atoms with Gasteiger partial charge in [-0.2, -0.15) is 0 Å². The van der Waals surface area contributed by atoms with E-state index in [1.54, 1.807) is 48.7 Å². The number of sulfonamides is 1. The molecule has 3 aromatic rings. The maximum Gasteiger partial charge on any atom is 0.248 e. The number of carbonyl (C=O) groups is 1. The topological polar surface area (TPSA) is 130 Å². The van der Waals surface area contributed by atoms with Crippen LogP contribution in [0.15, 0.2) is 65.7 Å². The molecule has 0 aliphatic rings. The molecular weight excluding hydrogens is 416 g/mol. The molecule has 9 nitrogen and oxygen atoms in total. The second kappa shape index (κ2) is 9.65. The van der Waals surface area contributed by atoms with Crippen molar-refractivity contribution < 1.29 is 13.2 Å². The summed E-state index contributed by atoms with van der Waals surface area (Å²) >= 11 is 0. The Bertz CT molecular complexity index is 1150. The molecule has 0 saturated carbocycles. The Kier molecular flexibility index (Phi) is 6.95. The number of likely N-dealkylation sites (N-methyl/N-ethyl adjacent to an activating group) is 1. The van der Waals surface area contributed by atoms with Crippen LogP contribution in [-0.2, 0) is 10.0 Å². The van der Waals surface area contributed by atoms with Crippen LogP contribution in [0, 0.1) is 0 Å². The Morgan fingerprint density at radius 3 is 2.32 bits per heavy atom. The Morgan fingerprint density at radius 1 is 1.03 bits per heavy atom. The molecule has 0 radical (unpaired) electrons. The number of nitrogens with two attached hydrogens (primary N) is 1. The molecule has 1 aromatic heterocycles. The fraction of sp³-hybridized carbons (Fsp3) is 0.190. The predicted molar refractivity (Wildman–Crippen MR) is 119 cm³/mol. The number of benzene rings is 2. The van der Waals surface area contributed by atoms with Crippen molar-refractivity contribution in [3.05, 3.63) is 66.4 Å². The molecule has 2 aromatic carbocycles. The van der Waals surface area contributed by atoms with E-state index in [2.05, 4.69) is 20.0 Å². The van der Waals surface area contributed by atoms with Crippen LogP contribution in [0.25, 0.3) is 11.3 Å². The number of primary amides is 1. The molecule has 0 unspecified atom stereocenters. The summed E-state index contributed by atoms with van der Waals surface area (Å²) < 4.78 is 27.3. The van der Waals surface area contributed by atoms with Crippen LogP contribution in [0.2, 0.25) is 0 Å². The number of hydrogen-bond acceptors (Lipinski definition) is 7. The minimum absolute atomic E-state index is 0.181. The molecule has 0 fully saturated rings. The summed E-state index contributed by atoms with van der Waals surface area (Å²) in [6, 6.07) is 14.9. The summed E-state index contributed by atoms with van der Waals surface area (Å²) in [5.74, 6) is -0.133. The average molecular weight is 441 g/mol. The third-order valence-electron chi connectivity index (χ3n) is 4.39. The van der Waals surface area contributed by atoms with Crippen LogP contribution in [0.1, 0.15) is 10.4 Å². The standard InChI is InChI=1S/C21H24N6O3S/c1-27(2)14-13-24-31(29,30)18-9-7-17(8-10-18)25-21-23-12-11-19(26-21)15-3-5-16(6-4-15)20(22)28/h3-12,24H,13-14H2,1-2H3,(H2,22,28)(H,23,25,26). The number of rotatable bonds is 9. The monoisotopic (exact) mass is 440 g/mol. The molecule has 4 N–H and O–H groups in total. The molecule has 162 valence electrons. The van der Waals surface area contributed by atoms with E-state index in [-0.39, 0.29) is 4.90 Å². The summed E-state index contributed by atoms with van der Waals surface area (Å²) in [6.45, 7) is 0.939. The predicted octanol–water partition coefficient (Wildman–Crippen LogP) is 1.83. The number of carbonyl (C=O) groups excluding carboxylic acids is 1. The highest BCUT2D eigenvalue weighted by Crippen LogP contribution is 2.21. The summed E-state index contributed by atoms with van der Waals surface area (Å²) in [4.78, 5) is 22.0. The lowest BCUT2D eigenvalue weighted by Crippen LogP contribution is -2.31. The zero-order chi connectivity index (χ0) is 22.4. The van der Waals surface area contributed by atoms with Gasteiger partial charge in [0.2, 0.25) is 21.9 Å². The highest BCUT2D eigenvalue weighted by molar-refractivity contribution is 7.89. The van der Waals surface area contributed by atoms with Crippen molar-refractivity contribution in [1.82, 2.24) is 19.6 Å². The average Bonchev–Trinajstić information content (AvgIpc) is 2.74. The zero-order valence-corrected chi connectivity index (χ0v) is 18.1. The molecule has 0 saturated heterocycles. The lowest BCUT2D eigenvalue weighted by Gasteiger charge is -2.11. The molecule has 0 aliphatic carbocycles. The summed E-state index contributed by atoms with van der Waals surface area (Å²) in [6.07, 6.45) is 1.61. The van der Waals surface area contributed by atoms with Gasteiger partial charge in [0.05, 0.1) is 10.6 Å². The fourth-order valence-corrected chi connectivity index (χ4v) is 3.74. The SMILES string of the molecule is CN(C)CCNS(=O)(=O)c1ccc(Nc2nccc(-c3ccc(C(N)=O)cc3)n2)cc1. The van der Waals surface area contributed by atoms with Crippen LogP contribution >= 0.6 is 0 Å². The second-order valence-electron chi connectivity index (χ2n) is 7.06. The molecule has 0 atom stereocenters. The minimum Gasteiger partial charge on any atom is -0.366 e. The van der Waals surface area contributed by atoms with Crippen molar-refractivity contribution in [2.45, 2.75) is 4.90 Å². The van der Waals surface area contributed by atoms with Crippen LogP contribution in [0.5, 0.6) is 0 Å². The highest BCUT2D eigenvalue weighted by Gasteiger charge is 2.13. The Labute approximate surface area is 181 Å². The summed E-state index contributed by atoms with van der Waals surface area (Å²) in [7, 11) is 0.187. The number of aromatic nitrogens is 2. The lowest BCUT2D eigenvalue weighted by atomic mass is 10.1. The van der Waals surface area contributed by atoms with E-state index in [1.807, 2.05) is 19.0 Å². The van der Waals surface area contributed by atoms with E-state index in [9.17, 15) is 13.2 Å². The Morgan fingerprint density at radius 2 is 1.71 bits per heavy atom. The molecule has 0 bridgehead atoms. The van der Waals surface area contributed by atoms with Crippen LogP contribution in [0.3, 0.4) is 0 Å². The first kappa shape index (κ1) is 22.3. The molecule has 0 spiro atoms. The first-order valence-corrected chi connectivity index (χ1v) is 11.0. The maximum absolute atomic E-state index is 12.3. The molecule has 1 amide bonds. The van der Waals surface area contributed by atoms with Gasteiger partial charge in [-0.05, 0) is 56.6 Å². The first-order chi connectivity index (χ1) is 14.7. The number of nitrogens with zero attached hydrogens (tertiary/aromatic N) is 3. The zero-order valence-electron chi connectivity index (χ0n) is 17.2. The highest BCUT2D eigenvalue weighted by atomic mass is 32.2. The van der Waals surface area contributed by atoms with Crippen molar-refractivity contribution in [1.29, 1.82) is 0 Å².